The van der Waals surface area contributed by atoms with Crippen LogP contribution in [0, 0.1) is 0 Å². The lowest BCUT2D eigenvalue weighted by Gasteiger charge is -2.34. The lowest BCUT2D eigenvalue weighted by molar-refractivity contribution is 0.134. The van der Waals surface area contributed by atoms with Crippen molar-refractivity contribution in [2.75, 3.05) is 6.54 Å². The van der Waals surface area contributed by atoms with Gasteiger partial charge in [0.15, 0.2) is 0 Å². The van der Waals surface area contributed by atoms with Crippen LogP contribution in [0.1, 0.15) is 56.8 Å². The smallest absolute Gasteiger partial charge is 0.0547 e. The highest BCUT2D eigenvalue weighted by Crippen LogP contribution is 2.21. The lowest BCUT2D eigenvalue weighted by Crippen LogP contribution is -2.38. The fourth-order valence-electron chi connectivity index (χ4n) is 3.19. The molecule has 0 amide bonds. The Kier molecular flexibility index (Phi) is 4.69. The second kappa shape index (κ2) is 6.68. The highest BCUT2D eigenvalue weighted by Gasteiger charge is 2.22. The Morgan fingerprint density at radius 3 is 2.85 bits per heavy atom. The zero-order chi connectivity index (χ0) is 13.8. The van der Waals surface area contributed by atoms with E-state index in [-0.39, 0.29) is 0 Å². The number of nitrogens with zero attached hydrogens (tertiary/aromatic N) is 2. The highest BCUT2D eigenvalue weighted by molar-refractivity contribution is 5.12. The number of rotatable bonds is 6. The fourth-order valence-corrected chi connectivity index (χ4v) is 3.19. The van der Waals surface area contributed by atoms with Crippen molar-refractivity contribution in [1.29, 1.82) is 0 Å². The summed E-state index contributed by atoms with van der Waals surface area (Å²) in [4.78, 5) is 7.46. The summed E-state index contributed by atoms with van der Waals surface area (Å²) in [6.45, 7) is 5.50. The molecule has 1 aromatic heterocycles. The molecule has 3 rings (SSSR count). The molecule has 0 spiro atoms. The van der Waals surface area contributed by atoms with Gasteiger partial charge in [0, 0.05) is 25.2 Å². The SMILES string of the molecule is CCC1CCCCN1Cc1cccc(CNC2CC2)n1. The number of hydrogen-bond acceptors (Lipinski definition) is 3. The van der Waals surface area contributed by atoms with Gasteiger partial charge in [-0.05, 0) is 50.8 Å². The molecule has 1 aliphatic heterocycles. The average molecular weight is 273 g/mol. The molecule has 0 radical (unpaired) electrons. The summed E-state index contributed by atoms with van der Waals surface area (Å²) >= 11 is 0. The van der Waals surface area contributed by atoms with Crippen molar-refractivity contribution in [3.63, 3.8) is 0 Å². The second-order valence-electron chi connectivity index (χ2n) is 6.30. The summed E-state index contributed by atoms with van der Waals surface area (Å²) in [5, 5.41) is 3.55. The average Bonchev–Trinajstić information content (AvgIpc) is 3.30. The molecule has 0 bridgehead atoms. The van der Waals surface area contributed by atoms with E-state index in [4.69, 9.17) is 4.98 Å². The zero-order valence-corrected chi connectivity index (χ0v) is 12.6. The van der Waals surface area contributed by atoms with E-state index in [9.17, 15) is 0 Å². The summed E-state index contributed by atoms with van der Waals surface area (Å²) in [5.74, 6) is 0. The molecule has 1 N–H and O–H groups in total. The van der Waals surface area contributed by atoms with Gasteiger partial charge in [-0.3, -0.25) is 9.88 Å². The topological polar surface area (TPSA) is 28.2 Å². The Morgan fingerprint density at radius 1 is 1.20 bits per heavy atom. The van der Waals surface area contributed by atoms with Gasteiger partial charge in [-0.2, -0.15) is 0 Å². The van der Waals surface area contributed by atoms with Crippen molar-refractivity contribution in [3.05, 3.63) is 29.6 Å². The molecule has 20 heavy (non-hydrogen) atoms. The van der Waals surface area contributed by atoms with Gasteiger partial charge >= 0.3 is 0 Å². The first-order valence-electron chi connectivity index (χ1n) is 8.27. The third-order valence-electron chi connectivity index (χ3n) is 4.60. The van der Waals surface area contributed by atoms with Crippen LogP contribution in [0.3, 0.4) is 0 Å². The van der Waals surface area contributed by atoms with Crippen LogP contribution in [-0.4, -0.2) is 28.5 Å². The quantitative estimate of drug-likeness (QED) is 0.863. The number of likely N-dealkylation sites (tertiary alicyclic amines) is 1. The van der Waals surface area contributed by atoms with Gasteiger partial charge in [0.2, 0.25) is 0 Å². The van der Waals surface area contributed by atoms with Gasteiger partial charge in [0.1, 0.15) is 0 Å². The Labute approximate surface area is 122 Å². The largest absolute Gasteiger partial charge is 0.308 e. The molecule has 0 aromatic carbocycles. The van der Waals surface area contributed by atoms with Crippen molar-refractivity contribution < 1.29 is 0 Å². The summed E-state index contributed by atoms with van der Waals surface area (Å²) in [5.41, 5.74) is 2.43. The van der Waals surface area contributed by atoms with E-state index >= 15 is 0 Å². The minimum Gasteiger partial charge on any atom is -0.308 e. The van der Waals surface area contributed by atoms with Gasteiger partial charge in [0.05, 0.1) is 11.4 Å². The highest BCUT2D eigenvalue weighted by atomic mass is 15.2. The van der Waals surface area contributed by atoms with Crippen LogP contribution in [0.15, 0.2) is 18.2 Å². The molecule has 1 unspecified atom stereocenters. The molecule has 1 atom stereocenters. The molecule has 2 fully saturated rings. The molecule has 2 heterocycles. The van der Waals surface area contributed by atoms with Crippen LogP contribution in [0.4, 0.5) is 0 Å². The fraction of sp³-hybridized carbons (Fsp3) is 0.706. The number of pyridine rings is 1. The zero-order valence-electron chi connectivity index (χ0n) is 12.6. The first kappa shape index (κ1) is 14.0. The molecule has 1 saturated carbocycles. The Balaban J connectivity index is 1.59. The summed E-state index contributed by atoms with van der Waals surface area (Å²) in [6.07, 6.45) is 8.05. The van der Waals surface area contributed by atoms with Crippen LogP contribution < -0.4 is 5.32 Å². The number of piperidine rings is 1. The molecule has 3 heteroatoms. The maximum Gasteiger partial charge on any atom is 0.0547 e. The van der Waals surface area contributed by atoms with Crippen molar-refractivity contribution in [2.24, 2.45) is 0 Å². The molecule has 2 aliphatic rings. The normalized spacial score (nSPS) is 23.9. The number of hydrogen-bond donors (Lipinski definition) is 1. The molecule has 1 aromatic rings. The first-order valence-corrected chi connectivity index (χ1v) is 8.27. The van der Waals surface area contributed by atoms with E-state index in [2.05, 4.69) is 35.3 Å². The molecule has 3 nitrogen and oxygen atoms in total. The van der Waals surface area contributed by atoms with Crippen LogP contribution in [0.25, 0.3) is 0 Å². The predicted octanol–water partition coefficient (Wildman–Crippen LogP) is 3.10. The van der Waals surface area contributed by atoms with Crippen molar-refractivity contribution in [1.82, 2.24) is 15.2 Å². The molecular formula is C17H27N3. The van der Waals surface area contributed by atoms with Crippen LogP contribution in [-0.2, 0) is 13.1 Å². The van der Waals surface area contributed by atoms with Gasteiger partial charge in [-0.15, -0.1) is 0 Å². The minimum atomic E-state index is 0.757. The molecule has 1 aliphatic carbocycles. The predicted molar refractivity (Wildman–Crippen MR) is 82.4 cm³/mol. The van der Waals surface area contributed by atoms with Crippen molar-refractivity contribution in [3.8, 4) is 0 Å². The van der Waals surface area contributed by atoms with Crippen molar-refractivity contribution in [2.45, 2.75) is 70.6 Å². The lowest BCUT2D eigenvalue weighted by atomic mass is 10.00. The maximum absolute atomic E-state index is 4.83. The van der Waals surface area contributed by atoms with E-state index in [1.54, 1.807) is 0 Å². The maximum atomic E-state index is 4.83. The third kappa shape index (κ3) is 3.80. The van der Waals surface area contributed by atoms with E-state index in [0.717, 1.165) is 25.2 Å². The standard InChI is InChI=1S/C17H27N3/c1-2-17-8-3-4-11-20(17)13-16-7-5-6-15(19-16)12-18-14-9-10-14/h5-7,14,17-18H,2-4,8-13H2,1H3. The van der Waals surface area contributed by atoms with E-state index in [1.165, 1.54) is 56.5 Å². The molecular weight excluding hydrogens is 246 g/mol. The van der Waals surface area contributed by atoms with Crippen LogP contribution in [0.5, 0.6) is 0 Å². The Morgan fingerprint density at radius 2 is 2.05 bits per heavy atom. The molecule has 1 saturated heterocycles. The Hall–Kier alpha value is -0.930. The van der Waals surface area contributed by atoms with Gasteiger partial charge in [0.25, 0.3) is 0 Å². The summed E-state index contributed by atoms with van der Waals surface area (Å²) < 4.78 is 0. The van der Waals surface area contributed by atoms with E-state index in [0.29, 0.717) is 0 Å². The second-order valence-corrected chi connectivity index (χ2v) is 6.30. The summed E-state index contributed by atoms with van der Waals surface area (Å²) in [7, 11) is 0. The molecule has 110 valence electrons. The summed E-state index contributed by atoms with van der Waals surface area (Å²) in [6, 6.07) is 8.01. The third-order valence-corrected chi connectivity index (χ3v) is 4.60. The van der Waals surface area contributed by atoms with E-state index < -0.39 is 0 Å². The van der Waals surface area contributed by atoms with Crippen LogP contribution in [0.2, 0.25) is 0 Å². The van der Waals surface area contributed by atoms with E-state index in [1.807, 2.05) is 0 Å². The number of aromatic nitrogens is 1. The minimum absolute atomic E-state index is 0.757. The van der Waals surface area contributed by atoms with Crippen molar-refractivity contribution >= 4 is 0 Å². The number of nitrogens with one attached hydrogen (secondary N) is 1. The Bertz CT molecular complexity index is 428. The van der Waals surface area contributed by atoms with Gasteiger partial charge < -0.3 is 5.32 Å². The van der Waals surface area contributed by atoms with Gasteiger partial charge in [-0.25, -0.2) is 0 Å². The van der Waals surface area contributed by atoms with Crippen LogP contribution >= 0.6 is 0 Å². The first-order chi connectivity index (χ1) is 9.85. The van der Waals surface area contributed by atoms with Gasteiger partial charge in [-0.1, -0.05) is 19.4 Å². The monoisotopic (exact) mass is 273 g/mol.